The maximum atomic E-state index is 13.9. The van der Waals surface area contributed by atoms with Gasteiger partial charge in [0.05, 0.1) is 12.6 Å². The summed E-state index contributed by atoms with van der Waals surface area (Å²) in [6.45, 7) is 0.685. The number of hydrogen-bond donors (Lipinski definition) is 1. The van der Waals surface area contributed by atoms with E-state index >= 15 is 0 Å². The number of anilines is 1. The van der Waals surface area contributed by atoms with E-state index < -0.39 is 35.6 Å². The summed E-state index contributed by atoms with van der Waals surface area (Å²) in [7, 11) is 0. The Morgan fingerprint density at radius 1 is 1.22 bits per heavy atom. The maximum absolute atomic E-state index is 13.9. The number of ether oxygens (including phenoxy) is 2. The van der Waals surface area contributed by atoms with Gasteiger partial charge in [0.25, 0.3) is 11.5 Å². The summed E-state index contributed by atoms with van der Waals surface area (Å²) in [5.41, 5.74) is -2.50. The normalized spacial score (nSPS) is 18.0. The van der Waals surface area contributed by atoms with E-state index in [0.717, 1.165) is 29.2 Å². The zero-order valence-corrected chi connectivity index (χ0v) is 17.0. The van der Waals surface area contributed by atoms with Crippen LogP contribution in [-0.4, -0.2) is 53.0 Å². The second kappa shape index (κ2) is 10.1. The van der Waals surface area contributed by atoms with E-state index in [1.54, 1.807) is 0 Å². The molecule has 3 atom stereocenters. The third-order valence-electron chi connectivity index (χ3n) is 4.45. The fraction of sp³-hybridized carbons (Fsp3) is 0.368. The highest BCUT2D eigenvalue weighted by Gasteiger charge is 2.37. The molecule has 1 N–H and O–H groups in total. The lowest BCUT2D eigenvalue weighted by molar-refractivity contribution is -0.274. The number of nitrogens with zero attached hydrogens (tertiary/aromatic N) is 3. The molecule has 0 spiro atoms. The number of alkyl halides is 5. The minimum atomic E-state index is -4.93. The fourth-order valence-electron chi connectivity index (χ4n) is 3.12. The number of aromatic nitrogens is 2. The maximum Gasteiger partial charge on any atom is 0.573 e. The molecule has 8 nitrogen and oxygen atoms in total. The van der Waals surface area contributed by atoms with Gasteiger partial charge in [0, 0.05) is 30.3 Å². The molecule has 0 bridgehead atoms. The van der Waals surface area contributed by atoms with Gasteiger partial charge in [-0.1, -0.05) is 11.6 Å². The third kappa shape index (κ3) is 6.04. The van der Waals surface area contributed by atoms with Gasteiger partial charge in [0.1, 0.15) is 18.1 Å². The van der Waals surface area contributed by atoms with Gasteiger partial charge in [-0.05, 0) is 30.7 Å². The average Bonchev–Trinajstić information content (AvgIpc) is 3.24. The molecule has 1 saturated heterocycles. The molecule has 3 rings (SSSR count). The van der Waals surface area contributed by atoms with Crippen LogP contribution in [0.25, 0.3) is 0 Å². The Morgan fingerprint density at radius 3 is 2.41 bits per heavy atom. The highest BCUT2D eigenvalue weighted by atomic mass is 35.5. The minimum Gasteiger partial charge on any atom is -0.406 e. The number of hydrogen-bond acceptors (Lipinski definition) is 6. The minimum absolute atomic E-state index is 0.0977. The molecule has 1 fully saturated rings. The second-order valence-corrected chi connectivity index (χ2v) is 7.08. The first kappa shape index (κ1) is 23.7. The van der Waals surface area contributed by atoms with Crippen molar-refractivity contribution in [1.82, 2.24) is 15.3 Å². The lowest BCUT2D eigenvalue weighted by atomic mass is 10.1. The average molecular weight is 477 g/mol. The van der Waals surface area contributed by atoms with Gasteiger partial charge in [-0.3, -0.25) is 14.5 Å². The Kier molecular flexibility index (Phi) is 7.46. The Morgan fingerprint density at radius 2 is 1.88 bits per heavy atom. The molecule has 0 aliphatic carbocycles. The summed E-state index contributed by atoms with van der Waals surface area (Å²) in [4.78, 5) is 34.2. The van der Waals surface area contributed by atoms with E-state index in [1.807, 2.05) is 0 Å². The molecule has 1 unspecified atom stereocenters. The number of carbonyl (C=O) groups excluding carboxylic acids is 2. The van der Waals surface area contributed by atoms with Crippen molar-refractivity contribution in [1.29, 1.82) is 0 Å². The molecule has 2 aromatic rings. The molecule has 32 heavy (non-hydrogen) atoms. The van der Waals surface area contributed by atoms with E-state index in [2.05, 4.69) is 20.0 Å². The van der Waals surface area contributed by atoms with Gasteiger partial charge in [0.2, 0.25) is 5.91 Å². The summed E-state index contributed by atoms with van der Waals surface area (Å²) in [6, 6.07) is 2.18. The van der Waals surface area contributed by atoms with Crippen LogP contribution in [0.2, 0.25) is 0 Å². The first-order valence-corrected chi connectivity index (χ1v) is 9.69. The van der Waals surface area contributed by atoms with Crippen molar-refractivity contribution in [2.24, 2.45) is 0 Å². The first-order valence-electron chi connectivity index (χ1n) is 9.26. The summed E-state index contributed by atoms with van der Waals surface area (Å²) in [5, 5.41) is 2.71. The van der Waals surface area contributed by atoms with E-state index in [1.165, 1.54) is 18.7 Å². The summed E-state index contributed by atoms with van der Waals surface area (Å²) >= 11 is 5.38. The van der Waals surface area contributed by atoms with Crippen LogP contribution in [0.15, 0.2) is 43.0 Å². The topological polar surface area (TPSA) is 93.6 Å². The molecule has 2 heterocycles. The van der Waals surface area contributed by atoms with Crippen LogP contribution in [-0.2, 0) is 14.3 Å². The molecule has 1 aliphatic rings. The van der Waals surface area contributed by atoms with Crippen molar-refractivity contribution in [3.05, 3.63) is 48.5 Å². The predicted molar refractivity (Wildman–Crippen MR) is 103 cm³/mol. The zero-order chi connectivity index (χ0) is 23.3. The van der Waals surface area contributed by atoms with E-state index in [4.69, 9.17) is 16.3 Å². The smallest absolute Gasteiger partial charge is 0.406 e. The van der Waals surface area contributed by atoms with E-state index in [-0.39, 0.29) is 23.9 Å². The van der Waals surface area contributed by atoms with Gasteiger partial charge in [-0.2, -0.15) is 0 Å². The van der Waals surface area contributed by atoms with Crippen molar-refractivity contribution in [2.75, 3.05) is 18.1 Å². The fourth-order valence-corrected chi connectivity index (χ4v) is 3.22. The monoisotopic (exact) mass is 476 g/mol. The largest absolute Gasteiger partial charge is 0.573 e. The first-order chi connectivity index (χ1) is 15.2. The number of halogens is 5. The van der Waals surface area contributed by atoms with Gasteiger partial charge in [0.15, 0.2) is 0 Å². The van der Waals surface area contributed by atoms with E-state index in [0.29, 0.717) is 13.0 Å². The zero-order valence-electron chi connectivity index (χ0n) is 16.3. The molecule has 2 amide bonds. The van der Waals surface area contributed by atoms with Crippen LogP contribution >= 0.6 is 11.6 Å². The molecule has 1 aromatic carbocycles. The van der Waals surface area contributed by atoms with E-state index in [9.17, 15) is 27.2 Å². The Bertz CT molecular complexity index is 925. The second-order valence-electron chi connectivity index (χ2n) is 6.69. The Labute approximate surface area is 184 Å². The highest BCUT2D eigenvalue weighted by Crippen LogP contribution is 2.32. The summed E-state index contributed by atoms with van der Waals surface area (Å²) in [6.07, 6.45) is -0.693. The van der Waals surface area contributed by atoms with Crippen LogP contribution in [0.3, 0.4) is 0 Å². The number of rotatable bonds is 7. The van der Waals surface area contributed by atoms with Gasteiger partial charge in [-0.25, -0.2) is 14.4 Å². The van der Waals surface area contributed by atoms with Gasteiger partial charge < -0.3 is 14.8 Å². The van der Waals surface area contributed by atoms with Crippen LogP contribution in [0.5, 0.6) is 5.75 Å². The molecule has 0 radical (unpaired) electrons. The lowest BCUT2D eigenvalue weighted by Gasteiger charge is -2.32. The Hall–Kier alpha value is -2.99. The standard InChI is InChI=1S/C19H17ClF4N4O4/c20-16(21)18(30)28(13-1-3-14(4-2-13)32-19(22,23)24)15(11-7-25-10-26-8-11)17(29)27-12-5-6-31-9-12/h1-4,7-8,10,12,15-16H,5-6,9H2,(H,27,29)/t12-,15?,16+/m1/s1. The van der Waals surface area contributed by atoms with Crippen LogP contribution in [0, 0.1) is 0 Å². The number of nitrogens with one attached hydrogen (secondary N) is 1. The quantitative estimate of drug-likeness (QED) is 0.488. The molecule has 1 aromatic heterocycles. The highest BCUT2D eigenvalue weighted by molar-refractivity contribution is 6.32. The molecular weight excluding hydrogens is 460 g/mol. The van der Waals surface area contributed by atoms with Gasteiger partial charge >= 0.3 is 6.36 Å². The predicted octanol–water partition coefficient (Wildman–Crippen LogP) is 2.89. The van der Waals surface area contributed by atoms with Crippen molar-refractivity contribution < 1.29 is 36.6 Å². The van der Waals surface area contributed by atoms with Crippen LogP contribution in [0.1, 0.15) is 18.0 Å². The SMILES string of the molecule is O=C(N[C@@H]1CCOC1)C(c1cncnc1)N(C(=O)[C@H](F)Cl)c1ccc(OC(F)(F)F)cc1. The van der Waals surface area contributed by atoms with Crippen LogP contribution in [0.4, 0.5) is 23.2 Å². The molecule has 0 saturated carbocycles. The number of amides is 2. The summed E-state index contributed by atoms with van der Waals surface area (Å²) < 4.78 is 60.3. The van der Waals surface area contributed by atoms with Crippen molar-refractivity contribution >= 4 is 29.1 Å². The number of benzene rings is 1. The van der Waals surface area contributed by atoms with Crippen LogP contribution < -0.4 is 15.0 Å². The Balaban J connectivity index is 2.00. The van der Waals surface area contributed by atoms with Crippen molar-refractivity contribution in [3.63, 3.8) is 0 Å². The molecule has 13 heteroatoms. The molecule has 172 valence electrons. The third-order valence-corrected chi connectivity index (χ3v) is 4.64. The van der Waals surface area contributed by atoms with Crippen molar-refractivity contribution in [3.8, 4) is 5.75 Å². The lowest BCUT2D eigenvalue weighted by Crippen LogP contribution is -2.48. The van der Waals surface area contributed by atoms with Gasteiger partial charge in [-0.15, -0.1) is 13.2 Å². The summed E-state index contributed by atoms with van der Waals surface area (Å²) in [5.74, 6) is -2.57. The van der Waals surface area contributed by atoms with Crippen molar-refractivity contribution in [2.45, 2.75) is 30.5 Å². The molecule has 1 aliphatic heterocycles. The number of carbonyl (C=O) groups is 2. The molecular formula is C19H17ClF4N4O4.